The van der Waals surface area contributed by atoms with E-state index >= 15 is 0 Å². The Morgan fingerprint density at radius 3 is 2.47 bits per heavy atom. The Morgan fingerprint density at radius 2 is 1.66 bits per heavy atom. The van der Waals surface area contributed by atoms with Crippen LogP contribution in [0.2, 0.25) is 0 Å². The zero-order valence-electron chi connectivity index (χ0n) is 19.8. The molecule has 0 N–H and O–H groups in total. The second kappa shape index (κ2) is 9.53. The zero-order valence-corrected chi connectivity index (χ0v) is 19.8. The monoisotopic (exact) mass is 423 g/mol. The lowest BCUT2D eigenvalue weighted by atomic mass is 9.67. The van der Waals surface area contributed by atoms with Gasteiger partial charge in [0.25, 0.3) is 0 Å². The van der Waals surface area contributed by atoms with Crippen molar-refractivity contribution < 1.29 is 0 Å². The van der Waals surface area contributed by atoms with Crippen molar-refractivity contribution in [3.05, 3.63) is 93.9 Å². The lowest BCUT2D eigenvalue weighted by Crippen LogP contribution is -2.31. The Bertz CT molecular complexity index is 1040. The highest BCUT2D eigenvalue weighted by molar-refractivity contribution is 5.75. The fourth-order valence-electron chi connectivity index (χ4n) is 5.93. The van der Waals surface area contributed by atoms with Crippen LogP contribution in [0.3, 0.4) is 0 Å². The molecular formula is C31H37N. The fourth-order valence-corrected chi connectivity index (χ4v) is 5.93. The number of hydrogen-bond donors (Lipinski definition) is 0. The highest BCUT2D eigenvalue weighted by atomic mass is 15.1. The molecule has 0 aromatic heterocycles. The van der Waals surface area contributed by atoms with Gasteiger partial charge in [-0.1, -0.05) is 99.3 Å². The number of rotatable bonds is 9. The van der Waals surface area contributed by atoms with Gasteiger partial charge in [0.1, 0.15) is 0 Å². The lowest BCUT2D eigenvalue weighted by molar-refractivity contribution is 0.415. The predicted molar refractivity (Wildman–Crippen MR) is 138 cm³/mol. The van der Waals surface area contributed by atoms with Gasteiger partial charge in [-0.15, -0.1) is 0 Å². The van der Waals surface area contributed by atoms with Crippen molar-refractivity contribution in [1.29, 1.82) is 0 Å². The van der Waals surface area contributed by atoms with Crippen LogP contribution in [-0.4, -0.2) is 11.9 Å². The fraction of sp³-hybridized carbons (Fsp3) is 0.419. The van der Waals surface area contributed by atoms with Crippen molar-refractivity contribution >= 4 is 12.2 Å². The minimum atomic E-state index is 0.424. The van der Waals surface area contributed by atoms with Crippen LogP contribution in [0.5, 0.6) is 0 Å². The van der Waals surface area contributed by atoms with Gasteiger partial charge >= 0.3 is 0 Å². The Labute approximate surface area is 194 Å². The molecule has 0 heterocycles. The Balaban J connectivity index is 1.28. The maximum absolute atomic E-state index is 2.48. The first-order valence-corrected chi connectivity index (χ1v) is 12.8. The number of allylic oxidation sites excluding steroid dienone is 9. The summed E-state index contributed by atoms with van der Waals surface area (Å²) < 4.78 is 0. The van der Waals surface area contributed by atoms with E-state index in [1.807, 2.05) is 0 Å². The SMILES string of the molecule is CCCCCCCCC1=CC=C(N(C)C2=CC=C3C=Cc4cccc5c4C3C2C=C5)CC1. The molecule has 1 aromatic rings. The molecule has 5 rings (SSSR count). The summed E-state index contributed by atoms with van der Waals surface area (Å²) in [6, 6.07) is 6.72. The molecule has 32 heavy (non-hydrogen) atoms. The number of hydrogen-bond acceptors (Lipinski definition) is 1. The van der Waals surface area contributed by atoms with Gasteiger partial charge in [-0.3, -0.25) is 0 Å². The molecule has 0 spiro atoms. The van der Waals surface area contributed by atoms with E-state index in [2.05, 4.69) is 85.7 Å². The quantitative estimate of drug-likeness (QED) is 0.360. The largest absolute Gasteiger partial charge is 0.351 e. The molecule has 0 bridgehead atoms. The minimum Gasteiger partial charge on any atom is -0.351 e. The first kappa shape index (κ1) is 21.3. The second-order valence-electron chi connectivity index (χ2n) is 9.86. The van der Waals surface area contributed by atoms with Crippen molar-refractivity contribution in [3.63, 3.8) is 0 Å². The topological polar surface area (TPSA) is 3.24 Å². The lowest BCUT2D eigenvalue weighted by Gasteiger charge is -2.41. The van der Waals surface area contributed by atoms with E-state index in [0.29, 0.717) is 11.8 Å². The van der Waals surface area contributed by atoms with E-state index in [1.165, 1.54) is 85.0 Å². The molecule has 0 aliphatic heterocycles. The molecular weight excluding hydrogens is 386 g/mol. The summed E-state index contributed by atoms with van der Waals surface area (Å²) in [6.07, 6.45) is 30.9. The van der Waals surface area contributed by atoms with Gasteiger partial charge < -0.3 is 4.90 Å². The van der Waals surface area contributed by atoms with Gasteiger partial charge in [0.15, 0.2) is 0 Å². The Morgan fingerprint density at radius 1 is 0.844 bits per heavy atom. The molecule has 1 heteroatoms. The van der Waals surface area contributed by atoms with E-state index in [0.717, 1.165) is 6.42 Å². The molecule has 2 atom stereocenters. The van der Waals surface area contributed by atoms with E-state index in [4.69, 9.17) is 0 Å². The molecule has 166 valence electrons. The molecule has 1 nitrogen and oxygen atoms in total. The van der Waals surface area contributed by atoms with Crippen molar-refractivity contribution in [2.24, 2.45) is 5.92 Å². The van der Waals surface area contributed by atoms with Gasteiger partial charge in [0.2, 0.25) is 0 Å². The van der Waals surface area contributed by atoms with Crippen LogP contribution in [0, 0.1) is 5.92 Å². The number of unbranched alkanes of at least 4 members (excludes halogenated alkanes) is 5. The van der Waals surface area contributed by atoms with Crippen LogP contribution < -0.4 is 0 Å². The summed E-state index contributed by atoms with van der Waals surface area (Å²) >= 11 is 0. The van der Waals surface area contributed by atoms with E-state index in [1.54, 1.807) is 5.57 Å². The standard InChI is InChI=1S/C31H37N/c1-3-4-5-6-7-8-10-23-13-19-27(20-14-23)32(2)29-22-18-26-16-15-24-11-9-12-25-17-21-28(29)31(26)30(24)25/h9,11-13,15-19,21-22,28,31H,3-8,10,14,20H2,1-2H3. The number of nitrogens with zero attached hydrogens (tertiary/aromatic N) is 1. The zero-order chi connectivity index (χ0) is 21.9. The first-order chi connectivity index (χ1) is 15.8. The highest BCUT2D eigenvalue weighted by Crippen LogP contribution is 2.50. The third kappa shape index (κ3) is 4.10. The van der Waals surface area contributed by atoms with Crippen molar-refractivity contribution in [1.82, 2.24) is 4.90 Å². The normalized spacial score (nSPS) is 22.6. The van der Waals surface area contributed by atoms with Crippen molar-refractivity contribution in [3.8, 4) is 0 Å². The maximum Gasteiger partial charge on any atom is 0.0285 e. The van der Waals surface area contributed by atoms with Gasteiger partial charge in [-0.2, -0.15) is 0 Å². The average Bonchev–Trinajstić information content (AvgIpc) is 2.84. The van der Waals surface area contributed by atoms with Gasteiger partial charge in [0.05, 0.1) is 0 Å². The second-order valence-corrected chi connectivity index (χ2v) is 9.86. The molecule has 1 aromatic carbocycles. The number of benzene rings is 1. The predicted octanol–water partition coefficient (Wildman–Crippen LogP) is 8.55. The average molecular weight is 424 g/mol. The van der Waals surface area contributed by atoms with E-state index in [-0.39, 0.29) is 0 Å². The van der Waals surface area contributed by atoms with Crippen molar-refractivity contribution in [2.75, 3.05) is 7.05 Å². The van der Waals surface area contributed by atoms with E-state index in [9.17, 15) is 0 Å². The molecule has 0 amide bonds. The third-order valence-electron chi connectivity index (χ3n) is 7.81. The van der Waals surface area contributed by atoms with Crippen LogP contribution in [0.4, 0.5) is 0 Å². The smallest absolute Gasteiger partial charge is 0.0285 e. The molecule has 4 aliphatic rings. The van der Waals surface area contributed by atoms with Crippen LogP contribution in [-0.2, 0) is 0 Å². The van der Waals surface area contributed by atoms with Gasteiger partial charge in [-0.25, -0.2) is 0 Å². The maximum atomic E-state index is 2.48. The van der Waals surface area contributed by atoms with Crippen LogP contribution in [0.15, 0.2) is 77.2 Å². The minimum absolute atomic E-state index is 0.424. The van der Waals surface area contributed by atoms with Gasteiger partial charge in [-0.05, 0) is 60.1 Å². The molecule has 4 aliphatic carbocycles. The van der Waals surface area contributed by atoms with Crippen LogP contribution in [0.1, 0.15) is 87.3 Å². The summed E-state index contributed by atoms with van der Waals surface area (Å²) in [7, 11) is 2.27. The molecule has 0 radical (unpaired) electrons. The summed E-state index contributed by atoms with van der Waals surface area (Å²) in [5.74, 6) is 0.884. The van der Waals surface area contributed by atoms with Crippen LogP contribution >= 0.6 is 0 Å². The summed E-state index contributed by atoms with van der Waals surface area (Å²) in [5, 5.41) is 0. The molecule has 2 unspecified atom stereocenters. The Kier molecular flexibility index (Phi) is 6.35. The first-order valence-electron chi connectivity index (χ1n) is 12.8. The molecule has 0 saturated carbocycles. The molecule has 0 fully saturated rings. The summed E-state index contributed by atoms with van der Waals surface area (Å²) in [4.78, 5) is 2.48. The summed E-state index contributed by atoms with van der Waals surface area (Å²) in [5.41, 5.74) is 10.3. The van der Waals surface area contributed by atoms with Crippen LogP contribution in [0.25, 0.3) is 12.2 Å². The van der Waals surface area contributed by atoms with E-state index < -0.39 is 0 Å². The van der Waals surface area contributed by atoms with Crippen molar-refractivity contribution in [2.45, 2.75) is 70.6 Å². The highest BCUT2D eigenvalue weighted by Gasteiger charge is 2.37. The van der Waals surface area contributed by atoms with Gasteiger partial charge in [0, 0.05) is 30.3 Å². The summed E-state index contributed by atoms with van der Waals surface area (Å²) in [6.45, 7) is 2.29. The molecule has 0 saturated heterocycles. The Hall–Kier alpha value is -2.54. The third-order valence-corrected chi connectivity index (χ3v) is 7.81.